The third-order valence-electron chi connectivity index (χ3n) is 4.31. The molecule has 0 bridgehead atoms. The molecule has 3 rings (SSSR count). The van der Waals surface area contributed by atoms with Crippen molar-refractivity contribution in [1.82, 2.24) is 5.32 Å². The van der Waals surface area contributed by atoms with Crippen LogP contribution in [-0.2, 0) is 4.79 Å². The van der Waals surface area contributed by atoms with Gasteiger partial charge in [-0.1, -0.05) is 25.3 Å². The highest BCUT2D eigenvalue weighted by Crippen LogP contribution is 2.40. The number of benzene rings is 1. The highest BCUT2D eigenvalue weighted by molar-refractivity contribution is 6.18. The Morgan fingerprint density at radius 3 is 2.60 bits per heavy atom. The fraction of sp³-hybridized carbons (Fsp3) is 0.467. The molecule has 1 saturated heterocycles. The molecule has 2 fully saturated rings. The summed E-state index contributed by atoms with van der Waals surface area (Å²) in [5, 5.41) is 2.78. The van der Waals surface area contributed by atoms with E-state index in [1.807, 2.05) is 0 Å². The molecule has 1 N–H and O–H groups in total. The molecule has 0 aromatic heterocycles. The molecule has 1 spiro atoms. The minimum Gasteiger partial charge on any atom is -0.336 e. The van der Waals surface area contributed by atoms with Gasteiger partial charge in [-0.25, -0.2) is 14.1 Å². The van der Waals surface area contributed by atoms with Crippen LogP contribution in [0.15, 0.2) is 24.3 Å². The van der Waals surface area contributed by atoms with Crippen LogP contribution in [-0.4, -0.2) is 18.5 Å². The number of imide groups is 1. The second-order valence-corrected chi connectivity index (χ2v) is 5.62. The molecule has 1 aromatic rings. The van der Waals surface area contributed by atoms with Crippen molar-refractivity contribution in [2.24, 2.45) is 5.41 Å². The first-order valence-corrected chi connectivity index (χ1v) is 7.00. The van der Waals surface area contributed by atoms with Crippen LogP contribution >= 0.6 is 0 Å². The van der Waals surface area contributed by atoms with E-state index in [2.05, 4.69) is 5.32 Å². The van der Waals surface area contributed by atoms with Crippen LogP contribution in [0.3, 0.4) is 0 Å². The second kappa shape index (κ2) is 4.89. The highest BCUT2D eigenvalue weighted by Gasteiger charge is 2.47. The Morgan fingerprint density at radius 2 is 1.90 bits per heavy atom. The fourth-order valence-corrected chi connectivity index (χ4v) is 3.20. The lowest BCUT2D eigenvalue weighted by molar-refractivity contribution is -0.130. The first kappa shape index (κ1) is 13.1. The number of urea groups is 1. The lowest BCUT2D eigenvalue weighted by Crippen LogP contribution is -2.61. The normalized spacial score (nSPS) is 21.9. The van der Waals surface area contributed by atoms with Crippen molar-refractivity contribution in [3.8, 4) is 0 Å². The maximum atomic E-state index is 13.3. The smallest absolute Gasteiger partial charge is 0.328 e. The molecule has 3 amide bonds. The summed E-state index contributed by atoms with van der Waals surface area (Å²) in [6, 6.07) is 5.15. The Kier molecular flexibility index (Phi) is 3.20. The van der Waals surface area contributed by atoms with Gasteiger partial charge >= 0.3 is 6.03 Å². The third kappa shape index (κ3) is 2.07. The van der Waals surface area contributed by atoms with Crippen molar-refractivity contribution in [3.05, 3.63) is 30.1 Å². The number of anilines is 1. The summed E-state index contributed by atoms with van der Waals surface area (Å²) in [5.74, 6) is -0.641. The van der Waals surface area contributed by atoms with Crippen molar-refractivity contribution in [2.75, 3.05) is 11.4 Å². The zero-order valence-electron chi connectivity index (χ0n) is 11.2. The molecule has 2 aliphatic rings. The van der Waals surface area contributed by atoms with Crippen molar-refractivity contribution in [1.29, 1.82) is 0 Å². The predicted octanol–water partition coefficient (Wildman–Crippen LogP) is 2.83. The van der Waals surface area contributed by atoms with Gasteiger partial charge < -0.3 is 5.32 Å². The van der Waals surface area contributed by atoms with Gasteiger partial charge in [0.25, 0.3) is 0 Å². The number of carbonyl (C=O) groups is 2. The van der Waals surface area contributed by atoms with E-state index < -0.39 is 17.3 Å². The quantitative estimate of drug-likeness (QED) is 0.857. The lowest BCUT2D eigenvalue weighted by Gasteiger charge is -2.43. The van der Waals surface area contributed by atoms with E-state index in [1.165, 1.54) is 18.2 Å². The van der Waals surface area contributed by atoms with Crippen LogP contribution in [0.2, 0.25) is 0 Å². The topological polar surface area (TPSA) is 49.4 Å². The Morgan fingerprint density at radius 1 is 1.15 bits per heavy atom. The molecule has 1 aromatic carbocycles. The van der Waals surface area contributed by atoms with Crippen LogP contribution in [0.25, 0.3) is 0 Å². The SMILES string of the molecule is O=C1NCC2(CCCCC2)C(=O)N1c1cccc(F)c1. The Labute approximate surface area is 117 Å². The summed E-state index contributed by atoms with van der Waals surface area (Å²) >= 11 is 0. The van der Waals surface area contributed by atoms with Gasteiger partial charge in [-0.3, -0.25) is 4.79 Å². The summed E-state index contributed by atoms with van der Waals surface area (Å²) in [4.78, 5) is 25.9. The highest BCUT2D eigenvalue weighted by atomic mass is 19.1. The molecule has 5 heteroatoms. The van der Waals surface area contributed by atoms with E-state index >= 15 is 0 Å². The maximum absolute atomic E-state index is 13.3. The Balaban J connectivity index is 1.96. The first-order chi connectivity index (χ1) is 9.62. The number of nitrogens with zero attached hydrogens (tertiary/aromatic N) is 1. The molecular weight excluding hydrogens is 259 g/mol. The Hall–Kier alpha value is -1.91. The molecular formula is C15H17FN2O2. The predicted molar refractivity (Wildman–Crippen MR) is 72.8 cm³/mol. The van der Waals surface area contributed by atoms with Crippen LogP contribution < -0.4 is 10.2 Å². The van der Waals surface area contributed by atoms with Gasteiger partial charge in [-0.05, 0) is 31.0 Å². The van der Waals surface area contributed by atoms with E-state index in [-0.39, 0.29) is 5.91 Å². The molecule has 1 heterocycles. The average Bonchev–Trinajstić information content (AvgIpc) is 2.45. The standard InChI is InChI=1S/C15H17FN2O2/c16-11-5-4-6-12(9-11)18-13(19)15(10-17-14(18)20)7-2-1-3-8-15/h4-6,9H,1-3,7-8,10H2,(H,17,20). The summed E-state index contributed by atoms with van der Waals surface area (Å²) < 4.78 is 13.3. The van der Waals surface area contributed by atoms with Crippen molar-refractivity contribution < 1.29 is 14.0 Å². The molecule has 0 radical (unpaired) electrons. The van der Waals surface area contributed by atoms with Crippen molar-refractivity contribution in [2.45, 2.75) is 32.1 Å². The minimum absolute atomic E-state index is 0.188. The summed E-state index contributed by atoms with van der Waals surface area (Å²) in [7, 11) is 0. The van der Waals surface area contributed by atoms with Gasteiger partial charge in [0, 0.05) is 6.54 Å². The molecule has 20 heavy (non-hydrogen) atoms. The summed E-state index contributed by atoms with van der Waals surface area (Å²) in [5.41, 5.74) is -0.199. The number of hydrogen-bond acceptors (Lipinski definition) is 2. The number of carbonyl (C=O) groups excluding carboxylic acids is 2. The van der Waals surface area contributed by atoms with Gasteiger partial charge in [0.1, 0.15) is 5.82 Å². The van der Waals surface area contributed by atoms with Gasteiger partial charge in [-0.15, -0.1) is 0 Å². The first-order valence-electron chi connectivity index (χ1n) is 7.00. The van der Waals surface area contributed by atoms with Gasteiger partial charge in [0.15, 0.2) is 0 Å². The zero-order valence-corrected chi connectivity index (χ0v) is 11.2. The largest absolute Gasteiger partial charge is 0.336 e. The van der Waals surface area contributed by atoms with E-state index in [1.54, 1.807) is 6.07 Å². The molecule has 0 unspecified atom stereocenters. The van der Waals surface area contributed by atoms with Gasteiger partial charge in [-0.2, -0.15) is 0 Å². The summed E-state index contributed by atoms with van der Waals surface area (Å²) in [6.07, 6.45) is 4.70. The van der Waals surface area contributed by atoms with E-state index in [9.17, 15) is 14.0 Å². The van der Waals surface area contributed by atoms with Crippen molar-refractivity contribution >= 4 is 17.6 Å². The Bertz CT molecular complexity index is 553. The van der Waals surface area contributed by atoms with Crippen LogP contribution in [0.5, 0.6) is 0 Å². The summed E-state index contributed by atoms with van der Waals surface area (Å²) in [6.45, 7) is 0.399. The number of amides is 3. The molecule has 106 valence electrons. The molecule has 1 aliphatic carbocycles. The molecule has 1 aliphatic heterocycles. The fourth-order valence-electron chi connectivity index (χ4n) is 3.20. The van der Waals surface area contributed by atoms with E-state index in [4.69, 9.17) is 0 Å². The average molecular weight is 276 g/mol. The monoisotopic (exact) mass is 276 g/mol. The number of rotatable bonds is 1. The number of nitrogens with one attached hydrogen (secondary N) is 1. The third-order valence-corrected chi connectivity index (χ3v) is 4.31. The zero-order chi connectivity index (χ0) is 14.2. The van der Waals surface area contributed by atoms with Gasteiger partial charge in [0.2, 0.25) is 5.91 Å². The van der Waals surface area contributed by atoms with Crippen LogP contribution in [0.1, 0.15) is 32.1 Å². The van der Waals surface area contributed by atoms with Crippen LogP contribution in [0, 0.1) is 11.2 Å². The minimum atomic E-state index is -0.502. The molecule has 0 atom stereocenters. The number of hydrogen-bond donors (Lipinski definition) is 1. The van der Waals surface area contributed by atoms with E-state index in [0.29, 0.717) is 12.2 Å². The maximum Gasteiger partial charge on any atom is 0.328 e. The van der Waals surface area contributed by atoms with Crippen LogP contribution in [0.4, 0.5) is 14.9 Å². The number of halogens is 1. The van der Waals surface area contributed by atoms with E-state index in [0.717, 1.165) is 37.0 Å². The second-order valence-electron chi connectivity index (χ2n) is 5.62. The molecule has 4 nitrogen and oxygen atoms in total. The molecule has 1 saturated carbocycles. The van der Waals surface area contributed by atoms with Gasteiger partial charge in [0.05, 0.1) is 11.1 Å². The van der Waals surface area contributed by atoms with Crippen molar-refractivity contribution in [3.63, 3.8) is 0 Å². The lowest BCUT2D eigenvalue weighted by atomic mass is 9.72.